The second-order valence-corrected chi connectivity index (χ2v) is 6.46. The van der Waals surface area contributed by atoms with Crippen LogP contribution in [-0.2, 0) is 0 Å². The van der Waals surface area contributed by atoms with E-state index in [9.17, 15) is 4.39 Å². The minimum atomic E-state index is -0.364. The number of hydrogen-bond donors (Lipinski definition) is 0. The average Bonchev–Trinajstić information content (AvgIpc) is 2.80. The van der Waals surface area contributed by atoms with Gasteiger partial charge >= 0.3 is 0 Å². The van der Waals surface area contributed by atoms with Gasteiger partial charge < -0.3 is 0 Å². The van der Waals surface area contributed by atoms with Crippen LogP contribution in [0, 0.1) is 5.82 Å². The lowest BCUT2D eigenvalue weighted by atomic mass is 10.3. The van der Waals surface area contributed by atoms with Crippen LogP contribution in [0.15, 0.2) is 34.9 Å². The van der Waals surface area contributed by atoms with E-state index in [2.05, 4.69) is 25.9 Å². The molecule has 1 aromatic carbocycles. The van der Waals surface area contributed by atoms with Crippen molar-refractivity contribution in [2.45, 2.75) is 12.3 Å². The molecule has 0 bridgehead atoms. The Morgan fingerprint density at radius 1 is 1.33 bits per heavy atom. The molecule has 7 heteroatoms. The zero-order chi connectivity index (χ0) is 15.1. The molecule has 1 atom stereocenters. The molecule has 0 saturated heterocycles. The number of halogens is 4. The summed E-state index contributed by atoms with van der Waals surface area (Å²) in [4.78, 5) is 8.74. The van der Waals surface area contributed by atoms with Crippen LogP contribution in [-0.4, -0.2) is 14.5 Å². The molecule has 0 fully saturated rings. The molecule has 1 unspecified atom stereocenters. The molecule has 0 saturated carbocycles. The van der Waals surface area contributed by atoms with Gasteiger partial charge in [0.2, 0.25) is 0 Å². The van der Waals surface area contributed by atoms with Crippen molar-refractivity contribution in [3.05, 3.63) is 51.6 Å². The van der Waals surface area contributed by atoms with Crippen molar-refractivity contribution in [3.63, 3.8) is 0 Å². The number of hydrogen-bond acceptors (Lipinski definition) is 2. The first-order valence-electron chi connectivity index (χ1n) is 6.11. The molecule has 108 valence electrons. The fraction of sp³-hybridized carbons (Fsp3) is 0.143. The van der Waals surface area contributed by atoms with Gasteiger partial charge in [0.05, 0.1) is 20.6 Å². The summed E-state index contributed by atoms with van der Waals surface area (Å²) in [6, 6.07) is 6.52. The second-order valence-electron chi connectivity index (χ2n) is 4.52. The zero-order valence-corrected chi connectivity index (χ0v) is 13.9. The lowest BCUT2D eigenvalue weighted by molar-refractivity contribution is 0.619. The first-order valence-corrected chi connectivity index (χ1v) is 7.71. The number of nitrogens with zero attached hydrogens (tertiary/aromatic N) is 3. The highest BCUT2D eigenvalue weighted by molar-refractivity contribution is 9.10. The van der Waals surface area contributed by atoms with Crippen molar-refractivity contribution in [1.29, 1.82) is 0 Å². The summed E-state index contributed by atoms with van der Waals surface area (Å²) in [6.45, 7) is 1.80. The molecule has 3 rings (SSSR count). The molecule has 0 aliphatic heterocycles. The first-order chi connectivity index (χ1) is 9.97. The van der Waals surface area contributed by atoms with Gasteiger partial charge in [-0.2, -0.15) is 0 Å². The number of benzene rings is 1. The Morgan fingerprint density at radius 3 is 2.76 bits per heavy atom. The van der Waals surface area contributed by atoms with E-state index in [-0.39, 0.29) is 11.2 Å². The predicted octanol–water partition coefficient (Wildman–Crippen LogP) is 5.28. The van der Waals surface area contributed by atoms with Gasteiger partial charge in [-0.05, 0) is 47.1 Å². The van der Waals surface area contributed by atoms with Crippen molar-refractivity contribution in [2.24, 2.45) is 0 Å². The topological polar surface area (TPSA) is 30.7 Å². The number of imidazole rings is 1. The third-order valence-corrected chi connectivity index (χ3v) is 4.05. The van der Waals surface area contributed by atoms with Crippen molar-refractivity contribution < 1.29 is 4.39 Å². The minimum Gasteiger partial charge on any atom is -0.279 e. The third-order valence-electron chi connectivity index (χ3n) is 3.01. The molecule has 2 heterocycles. The van der Waals surface area contributed by atoms with E-state index in [1.165, 1.54) is 12.3 Å². The molecule has 3 aromatic rings. The fourth-order valence-electron chi connectivity index (χ4n) is 2.10. The van der Waals surface area contributed by atoms with Crippen molar-refractivity contribution in [1.82, 2.24) is 14.5 Å². The smallest absolute Gasteiger partial charge is 0.164 e. The van der Waals surface area contributed by atoms with E-state index in [4.69, 9.17) is 23.2 Å². The van der Waals surface area contributed by atoms with Crippen LogP contribution in [0.4, 0.5) is 4.39 Å². The lowest BCUT2D eigenvalue weighted by Crippen LogP contribution is -2.03. The Balaban J connectivity index is 2.33. The molecular weight excluding hydrogens is 380 g/mol. The summed E-state index contributed by atoms with van der Waals surface area (Å²) in [5.74, 6) is 0.222. The van der Waals surface area contributed by atoms with Gasteiger partial charge in [0.25, 0.3) is 0 Å². The molecule has 0 aliphatic carbocycles. The van der Waals surface area contributed by atoms with Crippen molar-refractivity contribution in [2.75, 3.05) is 0 Å². The van der Waals surface area contributed by atoms with E-state index < -0.39 is 0 Å². The minimum absolute atomic E-state index is 0.357. The van der Waals surface area contributed by atoms with Crippen LogP contribution < -0.4 is 0 Å². The normalized spacial score (nSPS) is 12.8. The quantitative estimate of drug-likeness (QED) is 0.559. The van der Waals surface area contributed by atoms with Crippen LogP contribution in [0.3, 0.4) is 0 Å². The van der Waals surface area contributed by atoms with Crippen molar-refractivity contribution in [3.8, 4) is 5.69 Å². The standard InChI is InChI=1S/C14H9BrCl2FN3/c1-7(16)13-20-12-4-8(17)6-19-14(12)21(13)9-2-3-10(15)11(18)5-9/h2-7H,1H3. The zero-order valence-electron chi connectivity index (χ0n) is 10.8. The maximum absolute atomic E-state index is 13.8. The van der Waals surface area contributed by atoms with Crippen LogP contribution in [0.5, 0.6) is 0 Å². The summed E-state index contributed by atoms with van der Waals surface area (Å²) in [5.41, 5.74) is 1.81. The fourth-order valence-corrected chi connectivity index (χ4v) is 2.65. The van der Waals surface area contributed by atoms with Crippen molar-refractivity contribution >= 4 is 50.3 Å². The molecule has 0 aliphatic rings. The third kappa shape index (κ3) is 2.65. The van der Waals surface area contributed by atoms with Crippen LogP contribution >= 0.6 is 39.1 Å². The maximum atomic E-state index is 13.8. The molecule has 0 N–H and O–H groups in total. The van der Waals surface area contributed by atoms with Crippen LogP contribution in [0.2, 0.25) is 5.02 Å². The molecular formula is C14H9BrCl2FN3. The van der Waals surface area contributed by atoms with E-state index >= 15 is 0 Å². The predicted molar refractivity (Wildman–Crippen MR) is 85.8 cm³/mol. The molecule has 0 radical (unpaired) electrons. The Hall–Kier alpha value is -1.17. The van der Waals surface area contributed by atoms with Gasteiger partial charge in [-0.3, -0.25) is 4.57 Å². The van der Waals surface area contributed by atoms with Gasteiger partial charge in [0, 0.05) is 6.20 Å². The van der Waals surface area contributed by atoms with Gasteiger partial charge in [0.15, 0.2) is 5.65 Å². The monoisotopic (exact) mass is 387 g/mol. The molecule has 2 aromatic heterocycles. The SMILES string of the molecule is CC(Cl)c1nc2cc(Cl)cnc2n1-c1ccc(Br)c(F)c1. The number of fused-ring (bicyclic) bond motifs is 1. The summed E-state index contributed by atoms with van der Waals surface area (Å²) in [6.07, 6.45) is 1.53. The Morgan fingerprint density at radius 2 is 2.10 bits per heavy atom. The summed E-state index contributed by atoms with van der Waals surface area (Å²) in [5, 5.41) is 0.132. The van der Waals surface area contributed by atoms with Crippen LogP contribution in [0.25, 0.3) is 16.9 Å². The van der Waals surface area contributed by atoms with E-state index in [1.807, 2.05) is 0 Å². The number of aromatic nitrogens is 3. The van der Waals surface area contributed by atoms with E-state index in [0.717, 1.165) is 0 Å². The number of alkyl halides is 1. The highest BCUT2D eigenvalue weighted by atomic mass is 79.9. The molecule has 0 spiro atoms. The molecule has 3 nitrogen and oxygen atoms in total. The summed E-state index contributed by atoms with van der Waals surface area (Å²) < 4.78 is 15.9. The molecule has 0 amide bonds. The van der Waals surface area contributed by atoms with Gasteiger partial charge in [-0.15, -0.1) is 11.6 Å². The summed E-state index contributed by atoms with van der Waals surface area (Å²) >= 11 is 15.3. The Labute approximate surface area is 138 Å². The van der Waals surface area contributed by atoms with Gasteiger partial charge in [-0.25, -0.2) is 14.4 Å². The van der Waals surface area contributed by atoms with E-state index in [0.29, 0.717) is 32.2 Å². The second kappa shape index (κ2) is 5.55. The number of rotatable bonds is 2. The summed E-state index contributed by atoms with van der Waals surface area (Å²) in [7, 11) is 0. The molecule has 21 heavy (non-hydrogen) atoms. The average molecular weight is 389 g/mol. The first kappa shape index (κ1) is 14.8. The number of pyridine rings is 1. The van der Waals surface area contributed by atoms with E-state index in [1.54, 1.807) is 29.7 Å². The largest absolute Gasteiger partial charge is 0.279 e. The van der Waals surface area contributed by atoms with Gasteiger partial charge in [-0.1, -0.05) is 11.6 Å². The lowest BCUT2D eigenvalue weighted by Gasteiger charge is -2.10. The van der Waals surface area contributed by atoms with Crippen LogP contribution in [0.1, 0.15) is 18.1 Å². The maximum Gasteiger partial charge on any atom is 0.164 e. The highest BCUT2D eigenvalue weighted by Gasteiger charge is 2.18. The Bertz CT molecular complexity index is 832. The highest BCUT2D eigenvalue weighted by Crippen LogP contribution is 2.29. The van der Waals surface area contributed by atoms with Gasteiger partial charge in [0.1, 0.15) is 17.2 Å². The Kier molecular flexibility index (Phi) is 3.90.